The van der Waals surface area contributed by atoms with E-state index in [1.807, 2.05) is 0 Å². The van der Waals surface area contributed by atoms with Gasteiger partial charge in [-0.2, -0.15) is 0 Å². The third-order valence-electron chi connectivity index (χ3n) is 5.48. The molecule has 31 heavy (non-hydrogen) atoms. The highest BCUT2D eigenvalue weighted by molar-refractivity contribution is 5.99. The second-order valence-corrected chi connectivity index (χ2v) is 7.49. The van der Waals surface area contributed by atoms with Crippen LogP contribution in [0.5, 0.6) is 11.5 Å². The molecule has 2 atom stereocenters. The Balaban J connectivity index is 1.69. The van der Waals surface area contributed by atoms with Gasteiger partial charge in [0.2, 0.25) is 18.0 Å². The smallest absolute Gasteiger partial charge is 0.344 e. The molecule has 9 nitrogen and oxygen atoms in total. The lowest BCUT2D eigenvalue weighted by atomic mass is 10.1. The number of ether oxygens (including phenoxy) is 4. The van der Waals surface area contributed by atoms with Crippen molar-refractivity contribution in [1.82, 2.24) is 10.2 Å². The number of esters is 1. The summed E-state index contributed by atoms with van der Waals surface area (Å²) >= 11 is 0. The van der Waals surface area contributed by atoms with E-state index < -0.39 is 18.2 Å². The second-order valence-electron chi connectivity index (χ2n) is 7.49. The molecule has 0 aliphatic carbocycles. The van der Waals surface area contributed by atoms with E-state index in [2.05, 4.69) is 12.2 Å². The molecule has 2 heterocycles. The number of hydrogen-bond donors (Lipinski definition) is 1. The Bertz CT molecular complexity index is 826. The van der Waals surface area contributed by atoms with Crippen LogP contribution in [-0.4, -0.2) is 62.7 Å². The highest BCUT2D eigenvalue weighted by atomic mass is 16.6. The minimum absolute atomic E-state index is 0.217. The summed E-state index contributed by atoms with van der Waals surface area (Å²) in [5.41, 5.74) is 0.704. The Hall–Kier alpha value is -2.81. The van der Waals surface area contributed by atoms with Gasteiger partial charge in [0.1, 0.15) is 11.6 Å². The first-order chi connectivity index (χ1) is 15.0. The van der Waals surface area contributed by atoms with E-state index in [0.29, 0.717) is 37.3 Å². The molecule has 0 radical (unpaired) electrons. The average molecular weight is 434 g/mol. The van der Waals surface area contributed by atoms with Gasteiger partial charge in [0, 0.05) is 31.7 Å². The topological polar surface area (TPSA) is 103 Å². The van der Waals surface area contributed by atoms with Crippen LogP contribution in [-0.2, 0) is 19.1 Å². The Morgan fingerprint density at radius 2 is 1.97 bits per heavy atom. The summed E-state index contributed by atoms with van der Waals surface area (Å²) in [6, 6.07) is 2.62. The maximum absolute atomic E-state index is 12.8. The molecule has 1 aromatic rings. The molecule has 0 unspecified atom stereocenters. The van der Waals surface area contributed by atoms with Crippen LogP contribution in [0.1, 0.15) is 61.2 Å². The third-order valence-corrected chi connectivity index (χ3v) is 5.48. The summed E-state index contributed by atoms with van der Waals surface area (Å²) in [4.78, 5) is 39.3. The molecule has 3 rings (SSSR count). The molecule has 1 saturated heterocycles. The number of amides is 2. The van der Waals surface area contributed by atoms with Crippen molar-refractivity contribution in [3.63, 3.8) is 0 Å². The standard InChI is InChI=1S/C22H30N2O7/c1-4-5-12-30-13-6-11-23-20(26)15-8-10-17(25)24(15)21-14-7-9-16(28-2)19(29-3)18(14)22(27)31-21/h7,9,15,21H,4-6,8,10-13H2,1-3H3,(H,23,26)/t15-,21-/m1/s1. The van der Waals surface area contributed by atoms with Crippen molar-refractivity contribution in [2.24, 2.45) is 0 Å². The van der Waals surface area contributed by atoms with Gasteiger partial charge in [-0.3, -0.25) is 14.5 Å². The molecule has 2 aliphatic heterocycles. The van der Waals surface area contributed by atoms with E-state index in [-0.39, 0.29) is 29.5 Å². The van der Waals surface area contributed by atoms with Crippen molar-refractivity contribution in [2.45, 2.75) is 51.3 Å². The Labute approximate surface area is 182 Å². The summed E-state index contributed by atoms with van der Waals surface area (Å²) < 4.78 is 21.6. The lowest BCUT2D eigenvalue weighted by Crippen LogP contribution is -2.46. The molecular weight excluding hydrogens is 404 g/mol. The van der Waals surface area contributed by atoms with Gasteiger partial charge in [0.25, 0.3) is 0 Å². The zero-order valence-corrected chi connectivity index (χ0v) is 18.3. The number of fused-ring (bicyclic) bond motifs is 1. The Morgan fingerprint density at radius 3 is 2.68 bits per heavy atom. The summed E-state index contributed by atoms with van der Waals surface area (Å²) in [5, 5.41) is 2.87. The zero-order valence-electron chi connectivity index (χ0n) is 18.3. The lowest BCUT2D eigenvalue weighted by molar-refractivity contribution is -0.145. The largest absolute Gasteiger partial charge is 0.493 e. The summed E-state index contributed by atoms with van der Waals surface area (Å²) in [6.45, 7) is 3.85. The molecule has 1 fully saturated rings. The van der Waals surface area contributed by atoms with Gasteiger partial charge in [0.05, 0.1) is 14.2 Å². The normalized spacial score (nSPS) is 19.9. The van der Waals surface area contributed by atoms with Crippen LogP contribution in [0.3, 0.4) is 0 Å². The minimum Gasteiger partial charge on any atom is -0.493 e. The SMILES string of the molecule is CCCCOCCCNC(=O)[C@H]1CCC(=O)N1[C@@H]1OC(=O)c2c1ccc(OC)c2OC. The fraction of sp³-hybridized carbons (Fsp3) is 0.591. The number of carbonyl (C=O) groups excluding carboxylic acids is 3. The lowest BCUT2D eigenvalue weighted by Gasteiger charge is -2.29. The molecule has 1 N–H and O–H groups in total. The predicted molar refractivity (Wildman–Crippen MR) is 111 cm³/mol. The highest BCUT2D eigenvalue weighted by Gasteiger charge is 2.47. The number of nitrogens with one attached hydrogen (secondary N) is 1. The van der Waals surface area contributed by atoms with E-state index in [1.165, 1.54) is 19.1 Å². The number of carbonyl (C=O) groups is 3. The van der Waals surface area contributed by atoms with Gasteiger partial charge in [-0.05, 0) is 31.4 Å². The van der Waals surface area contributed by atoms with Crippen molar-refractivity contribution in [2.75, 3.05) is 34.0 Å². The van der Waals surface area contributed by atoms with E-state index >= 15 is 0 Å². The van der Waals surface area contributed by atoms with Gasteiger partial charge in [-0.15, -0.1) is 0 Å². The summed E-state index contributed by atoms with van der Waals surface area (Å²) in [5.74, 6) is -0.461. The van der Waals surface area contributed by atoms with Gasteiger partial charge < -0.3 is 24.3 Å². The van der Waals surface area contributed by atoms with Crippen molar-refractivity contribution in [3.05, 3.63) is 23.3 Å². The quantitative estimate of drug-likeness (QED) is 0.421. The number of methoxy groups -OCH3 is 2. The van der Waals surface area contributed by atoms with Crippen molar-refractivity contribution >= 4 is 17.8 Å². The number of rotatable bonds is 11. The molecule has 0 spiro atoms. The fourth-order valence-corrected chi connectivity index (χ4v) is 3.89. The number of cyclic esters (lactones) is 1. The van der Waals surface area contributed by atoms with Crippen molar-refractivity contribution in [1.29, 1.82) is 0 Å². The molecule has 1 aromatic carbocycles. The first-order valence-corrected chi connectivity index (χ1v) is 10.7. The van der Waals surface area contributed by atoms with Crippen LogP contribution in [0.2, 0.25) is 0 Å². The number of hydrogen-bond acceptors (Lipinski definition) is 7. The molecule has 0 aromatic heterocycles. The summed E-state index contributed by atoms with van der Waals surface area (Å²) in [6.07, 6.45) is 2.40. The van der Waals surface area contributed by atoms with Crippen LogP contribution in [0.25, 0.3) is 0 Å². The maximum Gasteiger partial charge on any atom is 0.344 e. The van der Waals surface area contributed by atoms with Crippen LogP contribution in [0.4, 0.5) is 0 Å². The van der Waals surface area contributed by atoms with E-state index in [0.717, 1.165) is 19.4 Å². The average Bonchev–Trinajstić information content (AvgIpc) is 3.31. The predicted octanol–water partition coefficient (Wildman–Crippen LogP) is 2.19. The number of unbranched alkanes of at least 4 members (excludes halogenated alkanes) is 1. The Morgan fingerprint density at radius 1 is 1.19 bits per heavy atom. The van der Waals surface area contributed by atoms with Crippen LogP contribution < -0.4 is 14.8 Å². The van der Waals surface area contributed by atoms with E-state index in [4.69, 9.17) is 18.9 Å². The third kappa shape index (κ3) is 4.76. The van der Waals surface area contributed by atoms with Crippen LogP contribution in [0, 0.1) is 0 Å². The monoisotopic (exact) mass is 434 g/mol. The molecule has 0 bridgehead atoms. The first-order valence-electron chi connectivity index (χ1n) is 10.7. The fourth-order valence-electron chi connectivity index (χ4n) is 3.89. The molecule has 0 saturated carbocycles. The second kappa shape index (κ2) is 10.5. The molecular formula is C22H30N2O7. The van der Waals surface area contributed by atoms with Crippen molar-refractivity contribution < 1.29 is 33.3 Å². The van der Waals surface area contributed by atoms with Crippen molar-refractivity contribution in [3.8, 4) is 11.5 Å². The Kier molecular flexibility index (Phi) is 7.73. The minimum atomic E-state index is -0.967. The van der Waals surface area contributed by atoms with Crippen LogP contribution in [0.15, 0.2) is 12.1 Å². The maximum atomic E-state index is 12.8. The van der Waals surface area contributed by atoms with Gasteiger partial charge in [0.15, 0.2) is 11.5 Å². The summed E-state index contributed by atoms with van der Waals surface area (Å²) in [7, 11) is 2.91. The number of likely N-dealkylation sites (tertiary alicyclic amines) is 1. The van der Waals surface area contributed by atoms with Gasteiger partial charge in [-0.1, -0.05) is 13.3 Å². The van der Waals surface area contributed by atoms with E-state index in [9.17, 15) is 14.4 Å². The number of benzene rings is 1. The first kappa shape index (κ1) is 22.9. The molecule has 9 heteroatoms. The van der Waals surface area contributed by atoms with Crippen LogP contribution >= 0.6 is 0 Å². The molecule has 170 valence electrons. The molecule has 2 amide bonds. The molecule has 2 aliphatic rings. The van der Waals surface area contributed by atoms with Gasteiger partial charge in [-0.25, -0.2) is 4.79 Å². The van der Waals surface area contributed by atoms with E-state index in [1.54, 1.807) is 12.1 Å². The number of nitrogens with zero attached hydrogens (tertiary/aromatic N) is 1. The highest BCUT2D eigenvalue weighted by Crippen LogP contribution is 2.45. The van der Waals surface area contributed by atoms with Gasteiger partial charge >= 0.3 is 5.97 Å². The zero-order chi connectivity index (χ0) is 22.4.